The fourth-order valence-corrected chi connectivity index (χ4v) is 3.41. The van der Waals surface area contributed by atoms with Crippen LogP contribution in [0.15, 0.2) is 6.07 Å². The normalized spacial score (nSPS) is 18.2. The lowest BCUT2D eigenvalue weighted by Gasteiger charge is -2.40. The van der Waals surface area contributed by atoms with Gasteiger partial charge in [0.25, 0.3) is 0 Å². The van der Waals surface area contributed by atoms with Crippen LogP contribution in [0.3, 0.4) is 0 Å². The predicted molar refractivity (Wildman–Crippen MR) is 106 cm³/mol. The maximum Gasteiger partial charge on any atom is 0.410 e. The van der Waals surface area contributed by atoms with Crippen LogP contribution in [0.5, 0.6) is 0 Å². The lowest BCUT2D eigenvalue weighted by atomic mass is 10.2. The van der Waals surface area contributed by atoms with Gasteiger partial charge < -0.3 is 20.3 Å². The summed E-state index contributed by atoms with van der Waals surface area (Å²) in [6.45, 7) is 13.7. The van der Waals surface area contributed by atoms with Crippen molar-refractivity contribution in [2.75, 3.05) is 30.3 Å². The number of ether oxygens (including phenoxy) is 1. The highest BCUT2D eigenvalue weighted by Crippen LogP contribution is 2.25. The highest BCUT2D eigenvalue weighted by Gasteiger charge is 2.31. The number of amides is 1. The number of carbonyl (C=O) groups excluding carboxylic acids is 1. The Hall–Kier alpha value is -2.51. The van der Waals surface area contributed by atoms with Gasteiger partial charge in [-0.1, -0.05) is 6.92 Å². The average molecular weight is 374 g/mol. The number of nitrogens with zero attached hydrogens (tertiary/aromatic N) is 5. The van der Waals surface area contributed by atoms with Gasteiger partial charge in [0.05, 0.1) is 5.69 Å². The van der Waals surface area contributed by atoms with E-state index in [4.69, 9.17) is 15.5 Å². The van der Waals surface area contributed by atoms with Crippen molar-refractivity contribution in [2.45, 2.75) is 59.6 Å². The van der Waals surface area contributed by atoms with Gasteiger partial charge in [-0.2, -0.15) is 5.10 Å². The predicted octanol–water partition coefficient (Wildman–Crippen LogP) is 2.63. The molecule has 1 atom stereocenters. The lowest BCUT2D eigenvalue weighted by Crippen LogP contribution is -2.54. The van der Waals surface area contributed by atoms with Crippen molar-refractivity contribution in [3.63, 3.8) is 0 Å². The summed E-state index contributed by atoms with van der Waals surface area (Å²) in [5.74, 6) is 0.866. The Morgan fingerprint density at radius 3 is 2.67 bits per heavy atom. The monoisotopic (exact) mass is 374 g/mol. The molecule has 1 saturated heterocycles. The number of aryl methyl sites for hydroxylation is 2. The summed E-state index contributed by atoms with van der Waals surface area (Å²) in [5, 5.41) is 4.55. The Bertz CT molecular complexity index is 854. The molecule has 1 aliphatic heterocycles. The molecular formula is C19H30N6O2. The molecule has 0 spiro atoms. The second kappa shape index (κ2) is 6.90. The largest absolute Gasteiger partial charge is 0.444 e. The van der Waals surface area contributed by atoms with Crippen LogP contribution < -0.4 is 10.6 Å². The van der Waals surface area contributed by atoms with Crippen LogP contribution in [-0.4, -0.2) is 56.9 Å². The Labute approximate surface area is 160 Å². The van der Waals surface area contributed by atoms with Gasteiger partial charge in [0.15, 0.2) is 5.65 Å². The first kappa shape index (κ1) is 19.3. The van der Waals surface area contributed by atoms with Gasteiger partial charge in [0, 0.05) is 37.4 Å². The van der Waals surface area contributed by atoms with Crippen LogP contribution in [0.2, 0.25) is 0 Å². The van der Waals surface area contributed by atoms with Gasteiger partial charge in [-0.3, -0.25) is 0 Å². The Morgan fingerprint density at radius 2 is 2.07 bits per heavy atom. The van der Waals surface area contributed by atoms with Crippen LogP contribution in [0.4, 0.5) is 16.3 Å². The zero-order chi connectivity index (χ0) is 19.9. The first-order chi connectivity index (χ1) is 12.6. The minimum absolute atomic E-state index is 0.121. The number of hydrogen-bond donors (Lipinski definition) is 1. The molecule has 1 amide bonds. The zero-order valence-electron chi connectivity index (χ0n) is 17.1. The molecule has 2 N–H and O–H groups in total. The summed E-state index contributed by atoms with van der Waals surface area (Å²) >= 11 is 0. The van der Waals surface area contributed by atoms with E-state index in [9.17, 15) is 4.79 Å². The van der Waals surface area contributed by atoms with E-state index in [0.717, 1.165) is 23.6 Å². The number of rotatable bonds is 2. The first-order valence-electron chi connectivity index (χ1n) is 9.50. The van der Waals surface area contributed by atoms with E-state index >= 15 is 0 Å². The van der Waals surface area contributed by atoms with Gasteiger partial charge in [0.1, 0.15) is 17.1 Å². The lowest BCUT2D eigenvalue weighted by molar-refractivity contribution is 0.0218. The average Bonchev–Trinajstić information content (AvgIpc) is 2.90. The minimum Gasteiger partial charge on any atom is -0.444 e. The van der Waals surface area contributed by atoms with E-state index in [1.807, 2.05) is 40.7 Å². The molecule has 0 bridgehead atoms. The molecule has 8 nitrogen and oxygen atoms in total. The van der Waals surface area contributed by atoms with Crippen molar-refractivity contribution < 1.29 is 9.53 Å². The molecule has 3 heterocycles. The molecule has 2 aromatic rings. The number of nitrogens with two attached hydrogens (primary N) is 1. The third kappa shape index (κ3) is 3.79. The zero-order valence-corrected chi connectivity index (χ0v) is 17.1. The molecular weight excluding hydrogens is 344 g/mol. The fraction of sp³-hybridized carbons (Fsp3) is 0.632. The van der Waals surface area contributed by atoms with Gasteiger partial charge in [-0.25, -0.2) is 14.3 Å². The number of nitrogen functional groups attached to an aromatic ring is 1. The molecule has 8 heteroatoms. The Balaban J connectivity index is 1.82. The standard InChI is InChI=1S/C19H30N6O2/c1-7-14-16(20)17-21-15(10-12(2)25(17)22-14)24-9-8-23(11-13(24)3)18(26)27-19(4,5)6/h10,13H,7-9,11,20H2,1-6H3/t13-/m1/s1. The number of hydrogen-bond acceptors (Lipinski definition) is 6. The molecule has 0 radical (unpaired) electrons. The summed E-state index contributed by atoms with van der Waals surface area (Å²) in [6, 6.07) is 2.15. The number of carbonyl (C=O) groups is 1. The SMILES string of the molecule is CCc1nn2c(C)cc(N3CCN(C(=O)OC(C)(C)C)C[C@H]3C)nc2c1N. The molecule has 0 aromatic carbocycles. The van der Waals surface area contributed by atoms with Crippen molar-refractivity contribution in [1.29, 1.82) is 0 Å². The molecule has 27 heavy (non-hydrogen) atoms. The summed E-state index contributed by atoms with van der Waals surface area (Å²) in [6.07, 6.45) is 0.510. The maximum atomic E-state index is 12.4. The molecule has 148 valence electrons. The number of fused-ring (bicyclic) bond motifs is 1. The third-order valence-electron chi connectivity index (χ3n) is 4.77. The highest BCUT2D eigenvalue weighted by atomic mass is 16.6. The first-order valence-corrected chi connectivity index (χ1v) is 9.50. The second-order valence-corrected chi connectivity index (χ2v) is 8.17. The molecule has 2 aromatic heterocycles. The summed E-state index contributed by atoms with van der Waals surface area (Å²) in [4.78, 5) is 21.1. The molecule has 0 unspecified atom stereocenters. The number of piperazine rings is 1. The van der Waals surface area contributed by atoms with Crippen molar-refractivity contribution in [2.24, 2.45) is 0 Å². The molecule has 1 aliphatic rings. The van der Waals surface area contributed by atoms with Crippen molar-refractivity contribution in [3.05, 3.63) is 17.5 Å². The van der Waals surface area contributed by atoms with Crippen LogP contribution in [0, 0.1) is 6.92 Å². The van der Waals surface area contributed by atoms with Crippen LogP contribution >= 0.6 is 0 Å². The van der Waals surface area contributed by atoms with E-state index in [0.29, 0.717) is 31.0 Å². The van der Waals surface area contributed by atoms with Crippen molar-refractivity contribution in [3.8, 4) is 0 Å². The Morgan fingerprint density at radius 1 is 1.37 bits per heavy atom. The summed E-state index contributed by atoms with van der Waals surface area (Å²) < 4.78 is 7.30. The second-order valence-electron chi connectivity index (χ2n) is 8.17. The van der Waals surface area contributed by atoms with Gasteiger partial charge >= 0.3 is 6.09 Å². The molecule has 0 saturated carbocycles. The van der Waals surface area contributed by atoms with Crippen LogP contribution in [0.1, 0.15) is 46.0 Å². The van der Waals surface area contributed by atoms with E-state index < -0.39 is 5.60 Å². The van der Waals surface area contributed by atoms with Crippen LogP contribution in [0.25, 0.3) is 5.65 Å². The van der Waals surface area contributed by atoms with Crippen molar-refractivity contribution in [1.82, 2.24) is 19.5 Å². The molecule has 0 aliphatic carbocycles. The van der Waals surface area contributed by atoms with E-state index in [2.05, 4.69) is 16.9 Å². The quantitative estimate of drug-likeness (QED) is 0.869. The molecule has 3 rings (SSSR count). The highest BCUT2D eigenvalue weighted by molar-refractivity contribution is 5.71. The van der Waals surface area contributed by atoms with Gasteiger partial charge in [-0.05, 0) is 41.0 Å². The van der Waals surface area contributed by atoms with E-state index in [1.165, 1.54) is 0 Å². The van der Waals surface area contributed by atoms with Crippen LogP contribution in [-0.2, 0) is 11.2 Å². The smallest absolute Gasteiger partial charge is 0.410 e. The minimum atomic E-state index is -0.488. The number of anilines is 2. The van der Waals surface area contributed by atoms with Gasteiger partial charge in [0.2, 0.25) is 0 Å². The maximum absolute atomic E-state index is 12.4. The number of aromatic nitrogens is 3. The van der Waals surface area contributed by atoms with Gasteiger partial charge in [-0.15, -0.1) is 0 Å². The summed E-state index contributed by atoms with van der Waals surface area (Å²) in [7, 11) is 0. The molecule has 1 fully saturated rings. The van der Waals surface area contributed by atoms with E-state index in [-0.39, 0.29) is 12.1 Å². The third-order valence-corrected chi connectivity index (χ3v) is 4.77. The summed E-state index contributed by atoms with van der Waals surface area (Å²) in [5.41, 5.74) is 8.94. The fourth-order valence-electron chi connectivity index (χ4n) is 3.41. The Kier molecular flexibility index (Phi) is 4.92. The van der Waals surface area contributed by atoms with Crippen molar-refractivity contribution >= 4 is 23.2 Å². The van der Waals surface area contributed by atoms with E-state index in [1.54, 1.807) is 9.42 Å². The topological polar surface area (TPSA) is 89.0 Å².